The van der Waals surface area contributed by atoms with Crippen LogP contribution in [0.2, 0.25) is 0 Å². The van der Waals surface area contributed by atoms with E-state index in [0.29, 0.717) is 24.3 Å². The molecule has 1 aromatic carbocycles. The minimum Gasteiger partial charge on any atom is -0.491 e. The van der Waals surface area contributed by atoms with Gasteiger partial charge in [-0.15, -0.1) is 0 Å². The molecule has 0 unspecified atom stereocenters. The number of piperidine rings is 1. The van der Waals surface area contributed by atoms with Gasteiger partial charge in [-0.1, -0.05) is 18.2 Å². The lowest BCUT2D eigenvalue weighted by atomic mass is 9.93. The lowest BCUT2D eigenvalue weighted by molar-refractivity contribution is -0.0532. The SMILES string of the molecule is O=C(c1cncnc1)N1CCC[C@](O)(COc2ccccc2)C1. The molecule has 1 amide bonds. The lowest BCUT2D eigenvalue weighted by Crippen LogP contribution is -2.53. The van der Waals surface area contributed by atoms with E-state index in [1.54, 1.807) is 4.90 Å². The maximum atomic E-state index is 12.5. The Hall–Kier alpha value is -2.47. The van der Waals surface area contributed by atoms with Gasteiger partial charge in [0.15, 0.2) is 0 Å². The van der Waals surface area contributed by atoms with Crippen molar-refractivity contribution < 1.29 is 14.6 Å². The van der Waals surface area contributed by atoms with Gasteiger partial charge in [0, 0.05) is 18.9 Å². The predicted molar refractivity (Wildman–Crippen MR) is 84.1 cm³/mol. The second-order valence-electron chi connectivity index (χ2n) is 5.78. The van der Waals surface area contributed by atoms with Crippen molar-refractivity contribution in [3.8, 4) is 5.75 Å². The molecule has 1 aliphatic heterocycles. The van der Waals surface area contributed by atoms with Crippen molar-refractivity contribution in [3.05, 3.63) is 54.6 Å². The number of hydrogen-bond acceptors (Lipinski definition) is 5. The van der Waals surface area contributed by atoms with Crippen LogP contribution in [0.1, 0.15) is 23.2 Å². The monoisotopic (exact) mass is 313 g/mol. The fourth-order valence-electron chi connectivity index (χ4n) is 2.73. The van der Waals surface area contributed by atoms with Gasteiger partial charge in [0.1, 0.15) is 24.3 Å². The molecule has 0 aliphatic carbocycles. The third kappa shape index (κ3) is 3.84. The van der Waals surface area contributed by atoms with E-state index >= 15 is 0 Å². The smallest absolute Gasteiger partial charge is 0.257 e. The minimum atomic E-state index is -1.04. The van der Waals surface area contributed by atoms with Crippen LogP contribution in [0.25, 0.3) is 0 Å². The summed E-state index contributed by atoms with van der Waals surface area (Å²) in [5.74, 6) is 0.546. The highest BCUT2D eigenvalue weighted by atomic mass is 16.5. The zero-order chi connectivity index (χ0) is 16.1. The van der Waals surface area contributed by atoms with E-state index in [2.05, 4.69) is 9.97 Å². The number of β-amino-alcohol motifs (C(OH)–C–C–N with tert-alkyl or cyclic N) is 1. The number of aliphatic hydroxyl groups is 1. The van der Waals surface area contributed by atoms with Crippen molar-refractivity contribution in [1.29, 1.82) is 0 Å². The number of carbonyl (C=O) groups is 1. The number of aromatic nitrogens is 2. The average molecular weight is 313 g/mol. The molecular weight excluding hydrogens is 294 g/mol. The van der Waals surface area contributed by atoms with Gasteiger partial charge in [0.2, 0.25) is 0 Å². The van der Waals surface area contributed by atoms with Crippen LogP contribution in [-0.2, 0) is 0 Å². The van der Waals surface area contributed by atoms with Crippen molar-refractivity contribution >= 4 is 5.91 Å². The molecule has 1 N–H and O–H groups in total. The van der Waals surface area contributed by atoms with Crippen LogP contribution in [0, 0.1) is 0 Å². The van der Waals surface area contributed by atoms with Crippen LogP contribution >= 0.6 is 0 Å². The van der Waals surface area contributed by atoms with Crippen molar-refractivity contribution in [2.24, 2.45) is 0 Å². The van der Waals surface area contributed by atoms with Crippen LogP contribution in [-0.4, -0.2) is 51.2 Å². The summed E-state index contributed by atoms with van der Waals surface area (Å²) in [6, 6.07) is 9.36. The highest BCUT2D eigenvalue weighted by Crippen LogP contribution is 2.24. The Bertz CT molecular complexity index is 651. The maximum Gasteiger partial charge on any atom is 0.257 e. The summed E-state index contributed by atoms with van der Waals surface area (Å²) < 4.78 is 5.67. The third-order valence-electron chi connectivity index (χ3n) is 3.90. The van der Waals surface area contributed by atoms with Gasteiger partial charge < -0.3 is 14.7 Å². The molecule has 1 fully saturated rings. The fourth-order valence-corrected chi connectivity index (χ4v) is 2.73. The molecule has 0 radical (unpaired) electrons. The van der Waals surface area contributed by atoms with E-state index < -0.39 is 5.60 Å². The summed E-state index contributed by atoms with van der Waals surface area (Å²) in [6.45, 7) is 1.01. The number of nitrogens with zero attached hydrogens (tertiary/aromatic N) is 3. The van der Waals surface area contributed by atoms with E-state index in [0.717, 1.165) is 6.42 Å². The molecule has 2 heterocycles. The summed E-state index contributed by atoms with van der Waals surface area (Å²) in [4.78, 5) is 21.8. The number of amides is 1. The zero-order valence-electron chi connectivity index (χ0n) is 12.8. The third-order valence-corrected chi connectivity index (χ3v) is 3.90. The van der Waals surface area contributed by atoms with E-state index in [1.165, 1.54) is 18.7 Å². The molecule has 120 valence electrons. The van der Waals surface area contributed by atoms with Gasteiger partial charge in [-0.25, -0.2) is 9.97 Å². The van der Waals surface area contributed by atoms with E-state index in [4.69, 9.17) is 4.74 Å². The first-order valence-corrected chi connectivity index (χ1v) is 7.61. The number of para-hydroxylation sites is 1. The van der Waals surface area contributed by atoms with Crippen LogP contribution in [0.3, 0.4) is 0 Å². The molecule has 1 atom stereocenters. The van der Waals surface area contributed by atoms with Crippen molar-refractivity contribution in [2.45, 2.75) is 18.4 Å². The first-order chi connectivity index (χ1) is 11.2. The highest BCUT2D eigenvalue weighted by Gasteiger charge is 2.36. The summed E-state index contributed by atoms with van der Waals surface area (Å²) in [5.41, 5.74) is -0.611. The number of rotatable bonds is 4. The van der Waals surface area contributed by atoms with Gasteiger partial charge in [-0.2, -0.15) is 0 Å². The Labute approximate surface area is 134 Å². The van der Waals surface area contributed by atoms with Crippen molar-refractivity contribution in [3.63, 3.8) is 0 Å². The largest absolute Gasteiger partial charge is 0.491 e. The Morgan fingerprint density at radius 1 is 1.26 bits per heavy atom. The van der Waals surface area contributed by atoms with Crippen LogP contribution in [0.4, 0.5) is 0 Å². The molecule has 23 heavy (non-hydrogen) atoms. The number of likely N-dealkylation sites (tertiary alicyclic amines) is 1. The quantitative estimate of drug-likeness (QED) is 0.926. The first kappa shape index (κ1) is 15.4. The lowest BCUT2D eigenvalue weighted by Gasteiger charge is -2.38. The maximum absolute atomic E-state index is 12.5. The van der Waals surface area contributed by atoms with E-state index in [1.807, 2.05) is 30.3 Å². The second kappa shape index (κ2) is 6.75. The van der Waals surface area contributed by atoms with Crippen molar-refractivity contribution in [1.82, 2.24) is 14.9 Å². The Morgan fingerprint density at radius 3 is 2.74 bits per heavy atom. The van der Waals surface area contributed by atoms with E-state index in [-0.39, 0.29) is 19.1 Å². The summed E-state index contributed by atoms with van der Waals surface area (Å²) in [5, 5.41) is 10.7. The second-order valence-corrected chi connectivity index (χ2v) is 5.78. The van der Waals surface area contributed by atoms with Gasteiger partial charge in [-0.3, -0.25) is 4.79 Å². The fraction of sp³-hybridized carbons (Fsp3) is 0.353. The van der Waals surface area contributed by atoms with Crippen LogP contribution in [0.5, 0.6) is 5.75 Å². The van der Waals surface area contributed by atoms with Crippen molar-refractivity contribution in [2.75, 3.05) is 19.7 Å². The standard InChI is InChI=1S/C17H19N3O3/c21-16(14-9-18-13-19-10-14)20-8-4-7-17(22,11-20)12-23-15-5-2-1-3-6-15/h1-3,5-6,9-10,13,22H,4,7-8,11-12H2/t17-/m1/s1. The molecule has 1 aliphatic rings. The average Bonchev–Trinajstić information content (AvgIpc) is 2.61. The Balaban J connectivity index is 1.64. The number of carbonyl (C=O) groups excluding carboxylic acids is 1. The molecule has 2 aromatic rings. The molecule has 0 saturated carbocycles. The number of hydrogen-bond donors (Lipinski definition) is 1. The topological polar surface area (TPSA) is 75.6 Å². The summed E-state index contributed by atoms with van der Waals surface area (Å²) in [6.07, 6.45) is 5.70. The number of benzene rings is 1. The van der Waals surface area contributed by atoms with E-state index in [9.17, 15) is 9.90 Å². The highest BCUT2D eigenvalue weighted by molar-refractivity contribution is 5.93. The molecule has 3 rings (SSSR count). The molecule has 0 spiro atoms. The van der Waals surface area contributed by atoms with Gasteiger partial charge in [0.05, 0.1) is 12.1 Å². The van der Waals surface area contributed by atoms with Gasteiger partial charge in [-0.05, 0) is 25.0 Å². The number of ether oxygens (including phenoxy) is 1. The molecule has 6 heteroatoms. The summed E-state index contributed by atoms with van der Waals surface area (Å²) >= 11 is 0. The molecular formula is C17H19N3O3. The molecule has 1 aromatic heterocycles. The minimum absolute atomic E-state index is 0.159. The van der Waals surface area contributed by atoms with Gasteiger partial charge in [0.25, 0.3) is 5.91 Å². The molecule has 1 saturated heterocycles. The summed E-state index contributed by atoms with van der Waals surface area (Å²) in [7, 11) is 0. The normalized spacial score (nSPS) is 21.0. The zero-order valence-corrected chi connectivity index (χ0v) is 12.8. The van der Waals surface area contributed by atoms with Crippen LogP contribution < -0.4 is 4.74 Å². The first-order valence-electron chi connectivity index (χ1n) is 7.61. The Morgan fingerprint density at radius 2 is 2.00 bits per heavy atom. The Kier molecular flexibility index (Phi) is 4.52. The molecule has 6 nitrogen and oxygen atoms in total. The van der Waals surface area contributed by atoms with Crippen LogP contribution in [0.15, 0.2) is 49.1 Å². The van der Waals surface area contributed by atoms with Gasteiger partial charge >= 0.3 is 0 Å². The molecule has 0 bridgehead atoms. The predicted octanol–water partition coefficient (Wildman–Crippen LogP) is 1.52.